The number of nitrogens with zero attached hydrogens (tertiary/aromatic N) is 2. The molecule has 1 aromatic rings. The zero-order valence-electron chi connectivity index (χ0n) is 12.3. The predicted octanol–water partition coefficient (Wildman–Crippen LogP) is -1.44. The summed E-state index contributed by atoms with van der Waals surface area (Å²) in [4.78, 5) is 28.8. The summed E-state index contributed by atoms with van der Waals surface area (Å²) < 4.78 is 0. The van der Waals surface area contributed by atoms with Crippen molar-refractivity contribution in [1.82, 2.24) is 9.88 Å². The molecule has 6 nitrogen and oxygen atoms in total. The van der Waals surface area contributed by atoms with Crippen LogP contribution in [0, 0.1) is 0 Å². The first-order valence-corrected chi connectivity index (χ1v) is 6.99. The van der Waals surface area contributed by atoms with E-state index in [9.17, 15) is 9.59 Å². The van der Waals surface area contributed by atoms with Gasteiger partial charge in [0, 0.05) is 24.5 Å². The summed E-state index contributed by atoms with van der Waals surface area (Å²) >= 11 is 1.50. The molecule has 0 spiro atoms. The van der Waals surface area contributed by atoms with E-state index >= 15 is 0 Å². The van der Waals surface area contributed by atoms with E-state index in [1.165, 1.54) is 23.8 Å². The van der Waals surface area contributed by atoms with Gasteiger partial charge in [0.15, 0.2) is 5.13 Å². The van der Waals surface area contributed by atoms with Crippen molar-refractivity contribution in [3.8, 4) is 0 Å². The smallest absolute Gasteiger partial charge is 0.870 e. The molecule has 0 unspecified atom stereocenters. The first kappa shape index (κ1) is 20.0. The second-order valence-electron chi connectivity index (χ2n) is 4.51. The van der Waals surface area contributed by atoms with Gasteiger partial charge in [-0.1, -0.05) is 12.8 Å². The number of likely N-dealkylation sites (tertiary alicyclic amines) is 1. The molecular formula is C13H17LiN3O3S-. The minimum absolute atomic E-state index is 0. The third kappa shape index (κ3) is 6.55. The number of nitrogens with one attached hydrogen (secondary N) is 1. The SMILES string of the molecule is CC(=O)Nc1ncc(CN2CCC(=C[C-]=O)CC2)s1.[Li+].[OH-]. The number of thiazole rings is 1. The molecule has 1 amide bonds. The summed E-state index contributed by atoms with van der Waals surface area (Å²) in [6.07, 6.45) is 7.05. The molecule has 110 valence electrons. The Morgan fingerprint density at radius 1 is 1.52 bits per heavy atom. The number of carbonyl (C=O) groups is 1. The van der Waals surface area contributed by atoms with Crippen LogP contribution in [0.1, 0.15) is 24.6 Å². The fourth-order valence-corrected chi connectivity index (χ4v) is 2.94. The van der Waals surface area contributed by atoms with E-state index in [2.05, 4.69) is 15.2 Å². The Balaban J connectivity index is 0.00000200. The van der Waals surface area contributed by atoms with Gasteiger partial charge in [-0.3, -0.25) is 4.79 Å². The normalized spacial score (nSPS) is 14.6. The van der Waals surface area contributed by atoms with Crippen LogP contribution >= 0.6 is 11.3 Å². The maximum absolute atomic E-state index is 10.9. The molecular weight excluding hydrogens is 285 g/mol. The van der Waals surface area contributed by atoms with Gasteiger partial charge in [-0.2, -0.15) is 6.08 Å². The van der Waals surface area contributed by atoms with Crippen molar-refractivity contribution in [3.63, 3.8) is 0 Å². The average Bonchev–Trinajstić information content (AvgIpc) is 2.78. The molecule has 0 saturated carbocycles. The minimum atomic E-state index is -0.0984. The molecule has 2 heterocycles. The molecule has 0 bridgehead atoms. The van der Waals surface area contributed by atoms with E-state index in [0.717, 1.165) is 37.4 Å². The maximum atomic E-state index is 10.9. The number of allylic oxidation sites excluding steroid dienone is 1. The standard InChI is InChI=1S/C13H16N3O2S.Li.H2O/c1-10(18)15-13-14-8-12(19-13)9-16-5-2-11(3-6-16)4-7-17;;/h4,8H,2-3,5-6,9H2,1H3,(H,14,15,18);;1H2/q-1;+1;/p-1. The fourth-order valence-electron chi connectivity index (χ4n) is 2.04. The van der Waals surface area contributed by atoms with Gasteiger partial charge in [-0.05, 0) is 19.4 Å². The van der Waals surface area contributed by atoms with Crippen LogP contribution in [0.15, 0.2) is 17.8 Å². The fraction of sp³-hybridized carbons (Fsp3) is 0.462. The van der Waals surface area contributed by atoms with Gasteiger partial charge in [-0.15, -0.1) is 11.3 Å². The topological polar surface area (TPSA) is 92.3 Å². The number of hydrogen-bond acceptors (Lipinski definition) is 6. The quantitative estimate of drug-likeness (QED) is 0.418. The monoisotopic (exact) mass is 302 g/mol. The largest absolute Gasteiger partial charge is 1.00 e. The minimum Gasteiger partial charge on any atom is -0.870 e. The van der Waals surface area contributed by atoms with E-state index < -0.39 is 0 Å². The molecule has 0 aromatic carbocycles. The summed E-state index contributed by atoms with van der Waals surface area (Å²) in [5.41, 5.74) is 1.18. The number of hydrogen-bond donors (Lipinski definition) is 1. The van der Waals surface area contributed by atoms with Crippen molar-refractivity contribution in [1.29, 1.82) is 0 Å². The Kier molecular flexibility index (Phi) is 9.41. The van der Waals surface area contributed by atoms with E-state index in [1.54, 1.807) is 12.3 Å². The molecule has 0 atom stereocenters. The van der Waals surface area contributed by atoms with E-state index in [0.29, 0.717) is 5.13 Å². The third-order valence-electron chi connectivity index (χ3n) is 2.98. The molecule has 0 radical (unpaired) electrons. The van der Waals surface area contributed by atoms with Gasteiger partial charge < -0.3 is 20.5 Å². The number of piperidine rings is 1. The Labute approximate surface area is 140 Å². The van der Waals surface area contributed by atoms with Crippen LogP contribution in [0.5, 0.6) is 0 Å². The third-order valence-corrected chi connectivity index (χ3v) is 3.87. The predicted molar refractivity (Wildman–Crippen MR) is 76.6 cm³/mol. The van der Waals surface area contributed by atoms with Crippen LogP contribution in [-0.2, 0) is 16.1 Å². The number of carbonyl (C=O) groups excluding carboxylic acids is 2. The van der Waals surface area contributed by atoms with Gasteiger partial charge in [0.2, 0.25) is 5.91 Å². The van der Waals surface area contributed by atoms with Crippen LogP contribution < -0.4 is 24.2 Å². The summed E-state index contributed by atoms with van der Waals surface area (Å²) in [7, 11) is 0. The molecule has 21 heavy (non-hydrogen) atoms. The molecule has 1 fully saturated rings. The molecule has 2 N–H and O–H groups in total. The van der Waals surface area contributed by atoms with Crippen LogP contribution in [-0.4, -0.2) is 40.6 Å². The van der Waals surface area contributed by atoms with Gasteiger partial charge in [0.25, 0.3) is 0 Å². The van der Waals surface area contributed by atoms with Crippen molar-refractivity contribution in [3.05, 3.63) is 22.7 Å². The van der Waals surface area contributed by atoms with Crippen molar-refractivity contribution in [2.45, 2.75) is 26.3 Å². The molecule has 1 aliphatic rings. The first-order chi connectivity index (χ1) is 9.17. The average molecular weight is 302 g/mol. The summed E-state index contributed by atoms with van der Waals surface area (Å²) in [6.45, 7) is 4.21. The molecule has 1 aromatic heterocycles. The molecule has 0 aliphatic carbocycles. The van der Waals surface area contributed by atoms with Gasteiger partial charge in [-0.25, -0.2) is 10.6 Å². The summed E-state index contributed by atoms with van der Waals surface area (Å²) in [6, 6.07) is 0. The summed E-state index contributed by atoms with van der Waals surface area (Å²) in [5, 5.41) is 3.33. The van der Waals surface area contributed by atoms with E-state index in [-0.39, 0.29) is 30.2 Å². The van der Waals surface area contributed by atoms with Crippen molar-refractivity contribution >= 4 is 28.7 Å². The van der Waals surface area contributed by atoms with Gasteiger partial charge in [0.05, 0.1) is 0 Å². The van der Waals surface area contributed by atoms with E-state index in [1.807, 2.05) is 6.29 Å². The van der Waals surface area contributed by atoms with Crippen molar-refractivity contribution in [2.75, 3.05) is 18.4 Å². The molecule has 2 rings (SSSR count). The molecule has 8 heteroatoms. The summed E-state index contributed by atoms with van der Waals surface area (Å²) in [5.74, 6) is -0.0984. The zero-order valence-corrected chi connectivity index (χ0v) is 13.1. The zero-order chi connectivity index (χ0) is 13.7. The Morgan fingerprint density at radius 3 is 2.76 bits per heavy atom. The maximum Gasteiger partial charge on any atom is 1.00 e. The van der Waals surface area contributed by atoms with E-state index in [4.69, 9.17) is 0 Å². The van der Waals surface area contributed by atoms with Crippen molar-refractivity contribution in [2.24, 2.45) is 0 Å². The number of aromatic nitrogens is 1. The van der Waals surface area contributed by atoms with Crippen LogP contribution in [0.3, 0.4) is 0 Å². The number of amides is 1. The Hall–Kier alpha value is -0.973. The van der Waals surface area contributed by atoms with Crippen molar-refractivity contribution < 1.29 is 33.9 Å². The number of rotatable bonds is 4. The van der Waals surface area contributed by atoms with Crippen LogP contribution in [0.4, 0.5) is 5.13 Å². The first-order valence-electron chi connectivity index (χ1n) is 6.17. The van der Waals surface area contributed by atoms with Gasteiger partial charge >= 0.3 is 18.9 Å². The van der Waals surface area contributed by atoms with Crippen LogP contribution in [0.25, 0.3) is 0 Å². The Morgan fingerprint density at radius 2 is 2.19 bits per heavy atom. The second-order valence-corrected chi connectivity index (χ2v) is 5.62. The second kappa shape index (κ2) is 9.87. The molecule has 1 aliphatic heterocycles. The molecule has 1 saturated heterocycles. The number of anilines is 1. The van der Waals surface area contributed by atoms with Crippen LogP contribution in [0.2, 0.25) is 0 Å². The Bertz CT molecular complexity index is 495. The van der Waals surface area contributed by atoms with Gasteiger partial charge in [0.1, 0.15) is 0 Å².